The lowest BCUT2D eigenvalue weighted by Gasteiger charge is -2.34. The first-order chi connectivity index (χ1) is 11.5. The maximum atomic E-state index is 12.8. The summed E-state index contributed by atoms with van der Waals surface area (Å²) in [4.78, 5) is 16.0. The van der Waals surface area contributed by atoms with E-state index in [1.54, 1.807) is 11.1 Å². The van der Waals surface area contributed by atoms with E-state index in [2.05, 4.69) is 31.3 Å². The molecule has 0 atom stereocenters. The summed E-state index contributed by atoms with van der Waals surface area (Å²) in [6.45, 7) is 6.31. The second-order valence-corrected chi connectivity index (χ2v) is 5.63. The van der Waals surface area contributed by atoms with Crippen molar-refractivity contribution < 1.29 is 13.2 Å². The van der Waals surface area contributed by atoms with Crippen molar-refractivity contribution in [2.24, 2.45) is 0 Å². The van der Waals surface area contributed by atoms with Crippen LogP contribution in [0.1, 0.15) is 18.4 Å². The van der Waals surface area contributed by atoms with E-state index in [9.17, 15) is 13.2 Å². The van der Waals surface area contributed by atoms with Crippen LogP contribution >= 0.6 is 0 Å². The van der Waals surface area contributed by atoms with Gasteiger partial charge in [0.25, 0.3) is 0 Å². The lowest BCUT2D eigenvalue weighted by Crippen LogP contribution is -2.47. The Morgan fingerprint density at radius 2 is 1.83 bits per heavy atom. The molecule has 2 aromatic rings. The lowest BCUT2D eigenvalue weighted by atomic mass is 10.3. The van der Waals surface area contributed by atoms with Crippen molar-refractivity contribution in [3.05, 3.63) is 36.2 Å². The van der Waals surface area contributed by atoms with Crippen molar-refractivity contribution in [1.82, 2.24) is 24.4 Å². The molecule has 1 saturated heterocycles. The maximum absolute atomic E-state index is 12.8. The Labute approximate surface area is 137 Å². The van der Waals surface area contributed by atoms with Gasteiger partial charge in [0.15, 0.2) is 0 Å². The molecule has 1 aliphatic heterocycles. The van der Waals surface area contributed by atoms with Crippen molar-refractivity contribution in [3.8, 4) is 0 Å². The van der Waals surface area contributed by atoms with Crippen LogP contribution in [0.4, 0.5) is 19.1 Å². The van der Waals surface area contributed by atoms with Gasteiger partial charge in [-0.05, 0) is 13.0 Å². The van der Waals surface area contributed by atoms with E-state index in [1.165, 1.54) is 0 Å². The van der Waals surface area contributed by atoms with Crippen molar-refractivity contribution in [2.45, 2.75) is 26.2 Å². The molecule has 6 nitrogen and oxygen atoms in total. The van der Waals surface area contributed by atoms with Gasteiger partial charge in [-0.25, -0.2) is 15.0 Å². The molecule has 24 heavy (non-hydrogen) atoms. The molecule has 0 aromatic carbocycles. The number of anilines is 1. The third kappa shape index (κ3) is 3.66. The van der Waals surface area contributed by atoms with Gasteiger partial charge in [-0.2, -0.15) is 13.2 Å². The summed E-state index contributed by atoms with van der Waals surface area (Å²) >= 11 is 0. The largest absolute Gasteiger partial charge is 0.433 e. The van der Waals surface area contributed by atoms with Crippen molar-refractivity contribution in [1.29, 1.82) is 0 Å². The van der Waals surface area contributed by atoms with Crippen LogP contribution in [0.5, 0.6) is 0 Å². The minimum atomic E-state index is -4.45. The summed E-state index contributed by atoms with van der Waals surface area (Å²) < 4.78 is 40.3. The van der Waals surface area contributed by atoms with Gasteiger partial charge in [0.2, 0.25) is 5.95 Å². The summed E-state index contributed by atoms with van der Waals surface area (Å²) in [5.74, 6) is 1.14. The SMILES string of the molecule is CCn1ccnc1CN1CCN(c2nccc(C(F)(F)F)n2)CC1. The number of alkyl halides is 3. The summed E-state index contributed by atoms with van der Waals surface area (Å²) in [6, 6.07) is 0.893. The molecule has 0 N–H and O–H groups in total. The molecule has 0 radical (unpaired) electrons. The Hall–Kier alpha value is -2.16. The topological polar surface area (TPSA) is 50.1 Å². The van der Waals surface area contributed by atoms with Crippen LogP contribution < -0.4 is 4.90 Å². The molecule has 0 bridgehead atoms. The molecule has 3 rings (SSSR count). The van der Waals surface area contributed by atoms with E-state index in [0.717, 1.165) is 44.3 Å². The number of hydrogen-bond donors (Lipinski definition) is 0. The van der Waals surface area contributed by atoms with Crippen LogP contribution in [0.3, 0.4) is 0 Å². The van der Waals surface area contributed by atoms with E-state index in [1.807, 2.05) is 6.20 Å². The molecule has 3 heterocycles. The van der Waals surface area contributed by atoms with Crippen LogP contribution in [-0.2, 0) is 19.3 Å². The average molecular weight is 340 g/mol. The number of piperazine rings is 1. The first kappa shape index (κ1) is 16.7. The van der Waals surface area contributed by atoms with Crippen molar-refractivity contribution in [3.63, 3.8) is 0 Å². The summed E-state index contributed by atoms with van der Waals surface area (Å²) in [5.41, 5.74) is -0.903. The molecule has 0 saturated carbocycles. The first-order valence-electron chi connectivity index (χ1n) is 7.85. The fourth-order valence-corrected chi connectivity index (χ4v) is 2.74. The Morgan fingerprint density at radius 3 is 2.50 bits per heavy atom. The number of rotatable bonds is 4. The molecule has 130 valence electrons. The second kappa shape index (κ2) is 6.76. The van der Waals surface area contributed by atoms with E-state index in [-0.39, 0.29) is 5.95 Å². The van der Waals surface area contributed by atoms with Gasteiger partial charge in [0, 0.05) is 51.3 Å². The van der Waals surface area contributed by atoms with E-state index in [4.69, 9.17) is 0 Å². The quantitative estimate of drug-likeness (QED) is 0.852. The summed E-state index contributed by atoms with van der Waals surface area (Å²) in [6.07, 6.45) is 0.444. The van der Waals surface area contributed by atoms with E-state index >= 15 is 0 Å². The average Bonchev–Trinajstić information content (AvgIpc) is 3.02. The van der Waals surface area contributed by atoms with Crippen molar-refractivity contribution >= 4 is 5.95 Å². The number of halogens is 3. The fraction of sp³-hybridized carbons (Fsp3) is 0.533. The van der Waals surface area contributed by atoms with Gasteiger partial charge < -0.3 is 9.47 Å². The van der Waals surface area contributed by atoms with Gasteiger partial charge in [0.05, 0.1) is 6.54 Å². The third-order valence-electron chi connectivity index (χ3n) is 4.10. The number of hydrogen-bond acceptors (Lipinski definition) is 5. The highest BCUT2D eigenvalue weighted by Crippen LogP contribution is 2.28. The highest BCUT2D eigenvalue weighted by Gasteiger charge is 2.33. The van der Waals surface area contributed by atoms with Crippen LogP contribution in [0.25, 0.3) is 0 Å². The zero-order chi connectivity index (χ0) is 17.2. The molecule has 0 amide bonds. The monoisotopic (exact) mass is 340 g/mol. The van der Waals surface area contributed by atoms with Crippen LogP contribution in [-0.4, -0.2) is 50.6 Å². The Bertz CT molecular complexity index is 676. The van der Waals surface area contributed by atoms with Gasteiger partial charge >= 0.3 is 6.18 Å². The summed E-state index contributed by atoms with van der Waals surface area (Å²) in [5, 5.41) is 0. The van der Waals surface area contributed by atoms with Crippen LogP contribution in [0.15, 0.2) is 24.7 Å². The highest BCUT2D eigenvalue weighted by molar-refractivity contribution is 5.31. The molecule has 1 aliphatic rings. The predicted octanol–water partition coefficient (Wildman–Crippen LogP) is 2.03. The number of aromatic nitrogens is 4. The highest BCUT2D eigenvalue weighted by atomic mass is 19.4. The summed E-state index contributed by atoms with van der Waals surface area (Å²) in [7, 11) is 0. The van der Waals surface area contributed by atoms with Gasteiger partial charge in [0.1, 0.15) is 11.5 Å². The third-order valence-corrected chi connectivity index (χ3v) is 4.10. The van der Waals surface area contributed by atoms with Gasteiger partial charge in [-0.15, -0.1) is 0 Å². The molecule has 0 unspecified atom stereocenters. The molecule has 2 aromatic heterocycles. The number of imidazole rings is 1. The molecule has 1 fully saturated rings. The van der Waals surface area contributed by atoms with Crippen LogP contribution in [0.2, 0.25) is 0 Å². The molecule has 0 spiro atoms. The normalized spacial score (nSPS) is 16.6. The maximum Gasteiger partial charge on any atom is 0.433 e. The fourth-order valence-electron chi connectivity index (χ4n) is 2.74. The molecule has 0 aliphatic carbocycles. The predicted molar refractivity (Wildman–Crippen MR) is 82.4 cm³/mol. The standard InChI is InChI=1S/C15H19F3N6/c1-2-23-6-5-19-13(23)11-22-7-9-24(10-8-22)14-20-4-3-12(21-14)15(16,17)18/h3-6H,2,7-11H2,1H3. The zero-order valence-corrected chi connectivity index (χ0v) is 13.4. The van der Waals surface area contributed by atoms with Crippen molar-refractivity contribution in [2.75, 3.05) is 31.1 Å². The lowest BCUT2D eigenvalue weighted by molar-refractivity contribution is -0.141. The minimum Gasteiger partial charge on any atom is -0.338 e. The minimum absolute atomic E-state index is 0.138. The zero-order valence-electron chi connectivity index (χ0n) is 13.4. The first-order valence-corrected chi connectivity index (χ1v) is 7.85. The van der Waals surface area contributed by atoms with E-state index < -0.39 is 11.9 Å². The molecular weight excluding hydrogens is 321 g/mol. The van der Waals surface area contributed by atoms with E-state index in [0.29, 0.717) is 13.1 Å². The Kier molecular flexibility index (Phi) is 4.70. The Morgan fingerprint density at radius 1 is 1.08 bits per heavy atom. The molecular formula is C15H19F3N6. The second-order valence-electron chi connectivity index (χ2n) is 5.63. The van der Waals surface area contributed by atoms with Crippen LogP contribution in [0, 0.1) is 0 Å². The smallest absolute Gasteiger partial charge is 0.338 e. The number of nitrogens with zero attached hydrogens (tertiary/aromatic N) is 6. The van der Waals surface area contributed by atoms with Gasteiger partial charge in [-0.1, -0.05) is 0 Å². The number of aryl methyl sites for hydroxylation is 1. The molecule has 9 heteroatoms. The van der Waals surface area contributed by atoms with Gasteiger partial charge in [-0.3, -0.25) is 4.90 Å². The Balaban J connectivity index is 1.61.